The third kappa shape index (κ3) is 4.32. The van der Waals surface area contributed by atoms with E-state index in [0.717, 1.165) is 29.8 Å². The number of aryl methyl sites for hydroxylation is 1. The maximum atomic E-state index is 12.0. The Morgan fingerprint density at radius 2 is 1.92 bits per heavy atom. The number of benzene rings is 1. The first kappa shape index (κ1) is 16.4. The Balaban J connectivity index is 1.53. The van der Waals surface area contributed by atoms with Crippen LogP contribution in [0, 0.1) is 12.8 Å². The second-order valence-electron chi connectivity index (χ2n) is 6.00. The highest BCUT2D eigenvalue weighted by Gasteiger charge is 2.29. The number of nitrogens with zero attached hydrogens (tertiary/aromatic N) is 1. The Morgan fingerprint density at radius 1 is 1.21 bits per heavy atom. The van der Waals surface area contributed by atoms with Crippen LogP contribution in [0.5, 0.6) is 0 Å². The van der Waals surface area contributed by atoms with Gasteiger partial charge in [-0.2, -0.15) is 0 Å². The van der Waals surface area contributed by atoms with Crippen LogP contribution in [-0.2, 0) is 4.79 Å². The molecular weight excluding hydrogens is 324 g/mol. The number of amides is 3. The Bertz CT molecular complexity index is 737. The van der Waals surface area contributed by atoms with Gasteiger partial charge in [0.1, 0.15) is 0 Å². The number of hydrogen-bond acceptors (Lipinski definition) is 4. The summed E-state index contributed by atoms with van der Waals surface area (Å²) in [6.45, 7) is 3.79. The SMILES string of the molecule is Cc1csc(NC(=O)N[C@@H](C)c2ccc(NC(=O)C3CC3)cc2)n1. The van der Waals surface area contributed by atoms with Crippen LogP contribution in [0.1, 0.15) is 37.1 Å². The second kappa shape index (κ2) is 7.00. The van der Waals surface area contributed by atoms with Crippen molar-refractivity contribution in [2.45, 2.75) is 32.7 Å². The van der Waals surface area contributed by atoms with Gasteiger partial charge in [0.05, 0.1) is 11.7 Å². The van der Waals surface area contributed by atoms with Gasteiger partial charge in [0.15, 0.2) is 5.13 Å². The average Bonchev–Trinajstić information content (AvgIpc) is 3.32. The van der Waals surface area contributed by atoms with Gasteiger partial charge in [0.25, 0.3) is 0 Å². The van der Waals surface area contributed by atoms with Gasteiger partial charge >= 0.3 is 6.03 Å². The molecule has 3 rings (SSSR count). The normalized spacial score (nSPS) is 14.8. The summed E-state index contributed by atoms with van der Waals surface area (Å²) in [5.41, 5.74) is 2.63. The molecule has 7 heteroatoms. The lowest BCUT2D eigenvalue weighted by molar-refractivity contribution is -0.117. The number of carbonyl (C=O) groups is 2. The predicted molar refractivity (Wildman–Crippen MR) is 95.2 cm³/mol. The molecule has 1 saturated carbocycles. The van der Waals surface area contributed by atoms with Gasteiger partial charge in [-0.05, 0) is 44.4 Å². The summed E-state index contributed by atoms with van der Waals surface area (Å²) in [6, 6.07) is 7.08. The first-order valence-corrected chi connectivity index (χ1v) is 8.79. The van der Waals surface area contributed by atoms with Crippen LogP contribution in [0.15, 0.2) is 29.6 Å². The molecule has 3 amide bonds. The van der Waals surface area contributed by atoms with E-state index in [1.807, 2.05) is 43.5 Å². The van der Waals surface area contributed by atoms with Gasteiger partial charge in [-0.3, -0.25) is 10.1 Å². The monoisotopic (exact) mass is 344 g/mol. The summed E-state index contributed by atoms with van der Waals surface area (Å²) in [5, 5.41) is 11.0. The predicted octanol–water partition coefficient (Wildman–Crippen LogP) is 3.68. The first-order valence-electron chi connectivity index (χ1n) is 7.92. The Labute approximate surface area is 144 Å². The molecule has 1 aliphatic carbocycles. The molecule has 0 unspecified atom stereocenters. The van der Waals surface area contributed by atoms with Crippen LogP contribution in [0.25, 0.3) is 0 Å². The number of rotatable bonds is 5. The Hall–Kier alpha value is -2.41. The fourth-order valence-corrected chi connectivity index (χ4v) is 2.95. The summed E-state index contributed by atoms with van der Waals surface area (Å²) in [4.78, 5) is 27.9. The molecule has 24 heavy (non-hydrogen) atoms. The van der Waals surface area contributed by atoms with E-state index in [4.69, 9.17) is 0 Å². The van der Waals surface area contributed by atoms with Crippen LogP contribution < -0.4 is 16.0 Å². The maximum absolute atomic E-state index is 12.0. The van der Waals surface area contributed by atoms with Crippen molar-refractivity contribution in [1.82, 2.24) is 10.3 Å². The van der Waals surface area contributed by atoms with Crippen molar-refractivity contribution < 1.29 is 9.59 Å². The van der Waals surface area contributed by atoms with Crippen molar-refractivity contribution >= 4 is 34.1 Å². The fourth-order valence-electron chi connectivity index (χ4n) is 2.27. The average molecular weight is 344 g/mol. The number of aromatic nitrogens is 1. The molecule has 1 aliphatic rings. The highest BCUT2D eigenvalue weighted by atomic mass is 32.1. The molecule has 0 radical (unpaired) electrons. The van der Waals surface area contributed by atoms with Crippen LogP contribution in [0.2, 0.25) is 0 Å². The molecule has 1 aromatic heterocycles. The lowest BCUT2D eigenvalue weighted by Gasteiger charge is -2.15. The van der Waals surface area contributed by atoms with E-state index in [1.165, 1.54) is 11.3 Å². The molecule has 6 nitrogen and oxygen atoms in total. The van der Waals surface area contributed by atoms with Gasteiger partial charge in [-0.15, -0.1) is 11.3 Å². The molecule has 1 fully saturated rings. The highest BCUT2D eigenvalue weighted by Crippen LogP contribution is 2.30. The molecule has 0 spiro atoms. The summed E-state index contributed by atoms with van der Waals surface area (Å²) < 4.78 is 0. The summed E-state index contributed by atoms with van der Waals surface area (Å²) in [5.74, 6) is 0.274. The minimum Gasteiger partial charge on any atom is -0.331 e. The van der Waals surface area contributed by atoms with Gasteiger partial charge in [0.2, 0.25) is 5.91 Å². The maximum Gasteiger partial charge on any atom is 0.321 e. The van der Waals surface area contributed by atoms with Crippen molar-refractivity contribution in [1.29, 1.82) is 0 Å². The zero-order chi connectivity index (χ0) is 17.1. The van der Waals surface area contributed by atoms with Crippen LogP contribution in [0.4, 0.5) is 15.6 Å². The van der Waals surface area contributed by atoms with Crippen molar-refractivity contribution in [3.63, 3.8) is 0 Å². The topological polar surface area (TPSA) is 83.1 Å². The number of urea groups is 1. The Kier molecular flexibility index (Phi) is 4.80. The van der Waals surface area contributed by atoms with Crippen LogP contribution in [-0.4, -0.2) is 16.9 Å². The molecule has 126 valence electrons. The zero-order valence-corrected chi connectivity index (χ0v) is 14.4. The second-order valence-corrected chi connectivity index (χ2v) is 6.86. The molecule has 2 aromatic rings. The summed E-state index contributed by atoms with van der Waals surface area (Å²) in [7, 11) is 0. The molecule has 1 heterocycles. The number of carbonyl (C=O) groups excluding carboxylic acids is 2. The van der Waals surface area contributed by atoms with Crippen LogP contribution in [0.3, 0.4) is 0 Å². The van der Waals surface area contributed by atoms with E-state index >= 15 is 0 Å². The van der Waals surface area contributed by atoms with Crippen molar-refractivity contribution in [3.05, 3.63) is 40.9 Å². The molecular formula is C17H20N4O2S. The lowest BCUT2D eigenvalue weighted by atomic mass is 10.1. The molecule has 0 bridgehead atoms. The van der Waals surface area contributed by atoms with E-state index in [-0.39, 0.29) is 23.9 Å². The van der Waals surface area contributed by atoms with E-state index in [1.54, 1.807) is 0 Å². The molecule has 1 atom stereocenters. The van der Waals surface area contributed by atoms with Crippen molar-refractivity contribution in [2.75, 3.05) is 10.6 Å². The number of hydrogen-bond donors (Lipinski definition) is 3. The van der Waals surface area contributed by atoms with Gasteiger partial charge in [-0.1, -0.05) is 12.1 Å². The Morgan fingerprint density at radius 3 is 2.50 bits per heavy atom. The third-order valence-corrected chi connectivity index (χ3v) is 4.69. The smallest absolute Gasteiger partial charge is 0.321 e. The molecule has 3 N–H and O–H groups in total. The van der Waals surface area contributed by atoms with Gasteiger partial charge < -0.3 is 10.6 Å². The summed E-state index contributed by atoms with van der Waals surface area (Å²) in [6.07, 6.45) is 1.97. The van der Waals surface area contributed by atoms with Crippen molar-refractivity contribution in [2.24, 2.45) is 5.92 Å². The van der Waals surface area contributed by atoms with Crippen LogP contribution >= 0.6 is 11.3 Å². The largest absolute Gasteiger partial charge is 0.331 e. The number of anilines is 2. The summed E-state index contributed by atoms with van der Waals surface area (Å²) >= 11 is 1.39. The molecule has 1 aromatic carbocycles. The quantitative estimate of drug-likeness (QED) is 0.773. The number of thiazole rings is 1. The minimum absolute atomic E-state index is 0.0899. The number of nitrogens with one attached hydrogen (secondary N) is 3. The van der Waals surface area contributed by atoms with E-state index in [2.05, 4.69) is 20.9 Å². The van der Waals surface area contributed by atoms with Crippen molar-refractivity contribution in [3.8, 4) is 0 Å². The standard InChI is InChI=1S/C17H20N4O2S/c1-10-9-24-17(18-10)21-16(23)19-11(2)12-5-7-14(8-6-12)20-15(22)13-3-4-13/h5-9,11,13H,3-4H2,1-2H3,(H,20,22)(H2,18,19,21,23)/t11-/m0/s1. The first-order chi connectivity index (χ1) is 11.5. The van der Waals surface area contributed by atoms with E-state index in [0.29, 0.717) is 5.13 Å². The van der Waals surface area contributed by atoms with E-state index < -0.39 is 0 Å². The molecule has 0 aliphatic heterocycles. The highest BCUT2D eigenvalue weighted by molar-refractivity contribution is 7.13. The fraction of sp³-hybridized carbons (Fsp3) is 0.353. The van der Waals surface area contributed by atoms with Gasteiger partial charge in [-0.25, -0.2) is 9.78 Å². The van der Waals surface area contributed by atoms with E-state index in [9.17, 15) is 9.59 Å². The lowest BCUT2D eigenvalue weighted by Crippen LogP contribution is -2.31. The third-order valence-electron chi connectivity index (χ3n) is 3.81. The molecule has 0 saturated heterocycles. The zero-order valence-electron chi connectivity index (χ0n) is 13.6. The van der Waals surface area contributed by atoms with Gasteiger partial charge in [0, 0.05) is 17.0 Å². The minimum atomic E-state index is -0.289.